The maximum absolute atomic E-state index is 13.1. The van der Waals surface area contributed by atoms with E-state index in [-0.39, 0.29) is 127 Å². The van der Waals surface area contributed by atoms with Crippen LogP contribution in [0.1, 0.15) is 206 Å². The quantitative estimate of drug-likeness (QED) is 0.0295. The first-order valence-electron chi connectivity index (χ1n) is 28.8. The number of carbonyl (C=O) groups is 9. The van der Waals surface area contributed by atoms with Crippen LogP contribution in [0.4, 0.5) is 0 Å². The van der Waals surface area contributed by atoms with E-state index in [0.29, 0.717) is 70.6 Å². The van der Waals surface area contributed by atoms with Gasteiger partial charge in [-0.3, -0.25) is 38.4 Å². The molecule has 4 amide bonds. The number of amides is 4. The van der Waals surface area contributed by atoms with Crippen molar-refractivity contribution in [3.8, 4) is 0 Å². The van der Waals surface area contributed by atoms with Crippen molar-refractivity contribution in [2.24, 2.45) is 17.8 Å². The molecule has 1 fully saturated rings. The predicted molar refractivity (Wildman–Crippen MR) is 286 cm³/mol. The Hall–Kier alpha value is -4.53. The zero-order chi connectivity index (χ0) is 55.9. The second-order valence-corrected chi connectivity index (χ2v) is 20.3. The van der Waals surface area contributed by atoms with Crippen molar-refractivity contribution < 1.29 is 77.4 Å². The highest BCUT2D eigenvalue weighted by Crippen LogP contribution is 2.31. The lowest BCUT2D eigenvalue weighted by Crippen LogP contribution is -2.42. The Morgan fingerprint density at radius 2 is 0.987 bits per heavy atom. The van der Waals surface area contributed by atoms with Crippen LogP contribution >= 0.6 is 0 Å². The number of hydrogen-bond acceptors (Lipinski definition) is 13. The van der Waals surface area contributed by atoms with Crippen molar-refractivity contribution in [1.29, 1.82) is 0 Å². The van der Waals surface area contributed by atoms with Crippen LogP contribution in [0.2, 0.25) is 0 Å². The van der Waals surface area contributed by atoms with E-state index in [0.717, 1.165) is 51.4 Å². The van der Waals surface area contributed by atoms with Crippen LogP contribution in [0.15, 0.2) is 0 Å². The van der Waals surface area contributed by atoms with Gasteiger partial charge in [-0.15, -0.1) is 0 Å². The second-order valence-electron chi connectivity index (χ2n) is 20.3. The minimum Gasteiger partial charge on any atom is -0.481 e. The molecule has 0 bridgehead atoms. The van der Waals surface area contributed by atoms with Crippen LogP contribution in [-0.2, 0) is 62.1 Å². The fraction of sp³-hybridized carbons (Fsp3) is 0.839. The molecule has 7 N–H and O–H groups in total. The van der Waals surface area contributed by atoms with Gasteiger partial charge in [0.1, 0.15) is 25.0 Å². The molecule has 1 saturated carbocycles. The van der Waals surface area contributed by atoms with Crippen LogP contribution in [0.3, 0.4) is 0 Å². The van der Waals surface area contributed by atoms with Crippen LogP contribution < -0.4 is 21.3 Å². The Balaban J connectivity index is 2.00. The molecule has 1 aliphatic carbocycles. The van der Waals surface area contributed by atoms with Gasteiger partial charge in [0.2, 0.25) is 23.6 Å². The van der Waals surface area contributed by atoms with E-state index in [1.165, 1.54) is 64.2 Å². The first-order valence-corrected chi connectivity index (χ1v) is 28.8. The normalized spacial score (nSPS) is 15.1. The number of carboxylic acid groups (broad SMARTS) is 3. The molecule has 1 aliphatic rings. The van der Waals surface area contributed by atoms with Crippen molar-refractivity contribution in [3.05, 3.63) is 0 Å². The highest BCUT2D eigenvalue weighted by Gasteiger charge is 2.30. The summed E-state index contributed by atoms with van der Waals surface area (Å²) in [5.41, 5.74) is 0. The summed E-state index contributed by atoms with van der Waals surface area (Å²) in [6.45, 7) is 3.74. The maximum atomic E-state index is 13.1. The van der Waals surface area contributed by atoms with E-state index in [2.05, 4.69) is 21.3 Å². The standard InChI is InChI=1S/C56H98N4O16/c1-2-50(63)57-32-20-19-23-48(56(71)72)60-53(66)43-76-39-36-73-34-21-22-47(61)42-75-38-37-74-35-33-58-52(65)31-30-46(55(69)70)40-49(62)45-28-26-44(27-29-45)41-59-51(64)24-17-15-13-11-9-7-5-3-4-6-8-10-12-14-16-18-25-54(67)68/h44-46,48H,2-43H2,1H3,(H,57,63)(H,58,65)(H,59,64)(H,60,66)(H,67,68)(H,69,70)(H,71,72). The second kappa shape index (κ2) is 47.7. The summed E-state index contributed by atoms with van der Waals surface area (Å²) in [6.07, 6.45) is 24.8. The molecule has 20 nitrogen and oxygen atoms in total. The van der Waals surface area contributed by atoms with E-state index in [1.54, 1.807) is 6.92 Å². The number of Topliss-reactive ketones (excluding diaryl/α,β-unsaturated/α-hetero) is 2. The van der Waals surface area contributed by atoms with E-state index in [4.69, 9.17) is 24.1 Å². The van der Waals surface area contributed by atoms with Gasteiger partial charge < -0.3 is 55.5 Å². The molecule has 0 aromatic carbocycles. The summed E-state index contributed by atoms with van der Waals surface area (Å²) in [6, 6.07) is -1.05. The van der Waals surface area contributed by atoms with Gasteiger partial charge >= 0.3 is 17.9 Å². The molecule has 438 valence electrons. The van der Waals surface area contributed by atoms with Gasteiger partial charge in [-0.25, -0.2) is 4.79 Å². The molecule has 0 heterocycles. The molecule has 2 atom stereocenters. The van der Waals surface area contributed by atoms with Crippen LogP contribution in [-0.4, -0.2) is 147 Å². The maximum Gasteiger partial charge on any atom is 0.326 e. The molecule has 20 heteroatoms. The Morgan fingerprint density at radius 1 is 0.461 bits per heavy atom. The first-order chi connectivity index (χ1) is 36.7. The number of aliphatic carboxylic acids is 3. The summed E-state index contributed by atoms with van der Waals surface area (Å²) in [7, 11) is 0. The molecule has 0 radical (unpaired) electrons. The lowest BCUT2D eigenvalue weighted by Gasteiger charge is -2.28. The number of hydrogen-bond donors (Lipinski definition) is 7. The molecular formula is C56H98N4O16. The molecule has 76 heavy (non-hydrogen) atoms. The highest BCUT2D eigenvalue weighted by atomic mass is 16.5. The average molecular weight is 1080 g/mol. The number of unbranched alkanes of at least 4 members (excludes halogenated alkanes) is 16. The molecule has 0 saturated heterocycles. The zero-order valence-electron chi connectivity index (χ0n) is 46.2. The van der Waals surface area contributed by atoms with Gasteiger partial charge in [0.25, 0.3) is 0 Å². The van der Waals surface area contributed by atoms with E-state index in [1.807, 2.05) is 0 Å². The fourth-order valence-electron chi connectivity index (χ4n) is 9.00. The highest BCUT2D eigenvalue weighted by molar-refractivity contribution is 5.86. The third kappa shape index (κ3) is 41.6. The summed E-state index contributed by atoms with van der Waals surface area (Å²) < 4.78 is 21.5. The third-order valence-electron chi connectivity index (χ3n) is 13.7. The topological polar surface area (TPSA) is 299 Å². The molecular weight excluding hydrogens is 985 g/mol. The SMILES string of the molecule is CCC(=O)NCCCCC(NC(=O)COCCOCCCC(=O)COCCOCCNC(=O)CCC(CC(=O)C1CCC(CNC(=O)CCCCCCCCCCCCCCCCCCC(=O)O)CC1)C(=O)O)C(=O)O. The molecule has 1 rings (SSSR count). The first kappa shape index (κ1) is 69.5. The average Bonchev–Trinajstić information content (AvgIpc) is 3.39. The molecule has 2 unspecified atom stereocenters. The van der Waals surface area contributed by atoms with Crippen molar-refractivity contribution in [2.75, 3.05) is 72.5 Å². The molecule has 0 aliphatic heterocycles. The minimum atomic E-state index is -1.15. The minimum absolute atomic E-state index is 0.0365. The molecule has 0 aromatic rings. The smallest absolute Gasteiger partial charge is 0.326 e. The summed E-state index contributed by atoms with van der Waals surface area (Å²) in [5, 5.41) is 38.8. The summed E-state index contributed by atoms with van der Waals surface area (Å²) in [5.74, 6) is -4.89. The van der Waals surface area contributed by atoms with Gasteiger partial charge in [0.05, 0.1) is 39.0 Å². The van der Waals surface area contributed by atoms with E-state index >= 15 is 0 Å². The van der Waals surface area contributed by atoms with Crippen LogP contribution in [0.25, 0.3) is 0 Å². The number of nitrogens with one attached hydrogen (secondary N) is 4. The van der Waals surface area contributed by atoms with Gasteiger partial charge in [-0.1, -0.05) is 96.8 Å². The number of rotatable bonds is 53. The predicted octanol–water partition coefficient (Wildman–Crippen LogP) is 7.25. The Morgan fingerprint density at radius 3 is 1.55 bits per heavy atom. The van der Waals surface area contributed by atoms with Crippen LogP contribution in [0.5, 0.6) is 0 Å². The van der Waals surface area contributed by atoms with Crippen molar-refractivity contribution in [2.45, 2.75) is 212 Å². The Kier molecular flexibility index (Phi) is 43.6. The summed E-state index contributed by atoms with van der Waals surface area (Å²) >= 11 is 0. The largest absolute Gasteiger partial charge is 0.481 e. The number of carboxylic acids is 3. The van der Waals surface area contributed by atoms with Gasteiger partial charge in [0.15, 0.2) is 5.78 Å². The van der Waals surface area contributed by atoms with Crippen molar-refractivity contribution in [1.82, 2.24) is 21.3 Å². The Bertz CT molecular complexity index is 1620. The van der Waals surface area contributed by atoms with Gasteiger partial charge in [-0.05, 0) is 76.5 Å². The van der Waals surface area contributed by atoms with Crippen LogP contribution in [0, 0.1) is 17.8 Å². The number of carbonyl (C=O) groups excluding carboxylic acids is 6. The monoisotopic (exact) mass is 1080 g/mol. The van der Waals surface area contributed by atoms with Crippen molar-refractivity contribution in [3.63, 3.8) is 0 Å². The summed E-state index contributed by atoms with van der Waals surface area (Å²) in [4.78, 5) is 107. The van der Waals surface area contributed by atoms with E-state index in [9.17, 15) is 53.4 Å². The number of ketones is 2. The lowest BCUT2D eigenvalue weighted by atomic mass is 9.78. The Labute approximate surface area is 452 Å². The zero-order valence-corrected chi connectivity index (χ0v) is 46.2. The third-order valence-corrected chi connectivity index (χ3v) is 13.7. The van der Waals surface area contributed by atoms with E-state index < -0.39 is 35.8 Å². The molecule has 0 aromatic heterocycles. The number of ether oxygens (including phenoxy) is 4. The van der Waals surface area contributed by atoms with Crippen molar-refractivity contribution >= 4 is 53.1 Å². The molecule has 0 spiro atoms. The fourth-order valence-corrected chi connectivity index (χ4v) is 9.00. The lowest BCUT2D eigenvalue weighted by molar-refractivity contribution is -0.145. The van der Waals surface area contributed by atoms with Gasteiger partial charge in [-0.2, -0.15) is 0 Å². The van der Waals surface area contributed by atoms with Gasteiger partial charge in [0, 0.05) is 70.7 Å².